The molecule has 4 amide bonds. The number of aliphatic hydroxyl groups is 1. The van der Waals surface area contributed by atoms with Gasteiger partial charge in [-0.05, 0) is 86.7 Å². The number of nitrogens with one attached hydrogen (secondary N) is 3. The average Bonchev–Trinajstić information content (AvgIpc) is 4.11. The van der Waals surface area contributed by atoms with Gasteiger partial charge in [0, 0.05) is 53.7 Å². The molecule has 0 bridgehead atoms. The minimum atomic E-state index is -0.921. The maximum Gasteiger partial charge on any atom is 0.246 e. The van der Waals surface area contributed by atoms with Crippen LogP contribution in [0.15, 0.2) is 83.3 Å². The lowest BCUT2D eigenvalue weighted by Crippen LogP contribution is -2.57. The first-order valence-electron chi connectivity index (χ1n) is 23.9. The summed E-state index contributed by atoms with van der Waals surface area (Å²) in [4.78, 5) is 66.1. The van der Waals surface area contributed by atoms with Crippen molar-refractivity contribution in [2.75, 3.05) is 38.3 Å². The van der Waals surface area contributed by atoms with E-state index >= 15 is 0 Å². The molecule has 72 heavy (non-hydrogen) atoms. The Bertz CT molecular complexity index is 2960. The molecule has 0 aliphatic carbocycles. The van der Waals surface area contributed by atoms with Crippen LogP contribution in [0.1, 0.15) is 91.1 Å². The number of thiophene rings is 1. The SMILES string of the molecule is CC(=O)NC(C(=O)N1C[C@H](O)C[C@H]1C(=O)NCc1ccc(-c2scnc2C)cc1OCCOCCOc1ccc(C2=N[C@@H](CC(=O)Nc3ccccc3)c3nnc(C)n3-c3sc(C)c(C)c32)cc1)C(C)(C)C. The number of hydrogen-bond donors (Lipinski definition) is 4. The van der Waals surface area contributed by atoms with Crippen molar-refractivity contribution in [3.63, 3.8) is 0 Å². The van der Waals surface area contributed by atoms with Gasteiger partial charge in [0.1, 0.15) is 53.7 Å². The van der Waals surface area contributed by atoms with E-state index in [2.05, 4.69) is 45.0 Å². The van der Waals surface area contributed by atoms with Crippen LogP contribution in [-0.2, 0) is 30.5 Å². The topological polar surface area (TPSA) is 211 Å². The van der Waals surface area contributed by atoms with Gasteiger partial charge in [0.25, 0.3) is 0 Å². The number of aliphatic hydroxyl groups excluding tert-OH is 1. The lowest BCUT2D eigenvalue weighted by molar-refractivity contribution is -0.143. The molecule has 2 aliphatic rings. The standard InChI is InChI=1S/C53H61N9O8S2/c1-30-32(3)72-52-45(30)46(58-41(49-60-59-33(4)62(49)52)26-44(65)57-38-12-10-9-11-13-38)35-16-18-40(19-17-35)69-22-20-68-21-23-70-43-24-36(47-31(2)55-29-71-47)14-15-37(43)27-54-50(66)42-25-39(64)28-61(42)51(67)48(53(6,7)8)56-34(5)63/h9-19,24,29,39,41-42,48,64H,20-23,25-28H2,1-8H3,(H,54,66)(H,56,63)(H,57,65)/t39-,41+,42+,48?/m1/s1. The molecule has 6 aromatic rings. The first-order valence-corrected chi connectivity index (χ1v) is 25.6. The molecule has 1 saturated heterocycles. The van der Waals surface area contributed by atoms with Crippen LogP contribution < -0.4 is 25.4 Å². The second-order valence-electron chi connectivity index (χ2n) is 19.1. The van der Waals surface area contributed by atoms with Gasteiger partial charge in [0.15, 0.2) is 5.82 Å². The van der Waals surface area contributed by atoms with E-state index in [1.807, 2.05) is 112 Å². The molecule has 17 nitrogen and oxygen atoms in total. The van der Waals surface area contributed by atoms with E-state index in [1.54, 1.807) is 16.8 Å². The fraction of sp³-hybridized carbons (Fsp3) is 0.396. The predicted octanol–water partition coefficient (Wildman–Crippen LogP) is 7.21. The molecule has 4 N–H and O–H groups in total. The molecule has 378 valence electrons. The first kappa shape index (κ1) is 51.6. The minimum Gasteiger partial charge on any atom is -0.491 e. The fourth-order valence-corrected chi connectivity index (χ4v) is 10.9. The first-order chi connectivity index (χ1) is 34.5. The van der Waals surface area contributed by atoms with Crippen LogP contribution >= 0.6 is 22.7 Å². The number of hydrogen-bond acceptors (Lipinski definition) is 14. The highest BCUT2D eigenvalue weighted by atomic mass is 32.1. The van der Waals surface area contributed by atoms with E-state index in [1.165, 1.54) is 23.2 Å². The van der Waals surface area contributed by atoms with Crippen LogP contribution in [0.5, 0.6) is 11.5 Å². The number of aliphatic imine (C=N–C) groups is 1. The zero-order valence-corrected chi connectivity index (χ0v) is 43.4. The van der Waals surface area contributed by atoms with E-state index in [9.17, 15) is 24.3 Å². The van der Waals surface area contributed by atoms with Gasteiger partial charge in [-0.15, -0.1) is 32.9 Å². The quantitative estimate of drug-likeness (QED) is 0.0632. The van der Waals surface area contributed by atoms with Gasteiger partial charge in [-0.1, -0.05) is 51.1 Å². The molecular weight excluding hydrogens is 955 g/mol. The van der Waals surface area contributed by atoms with Crippen LogP contribution in [0.4, 0.5) is 5.69 Å². The normalized spacial score (nSPS) is 16.8. The van der Waals surface area contributed by atoms with Crippen LogP contribution in [-0.4, -0.2) is 110 Å². The van der Waals surface area contributed by atoms with Gasteiger partial charge in [-0.3, -0.25) is 28.7 Å². The molecule has 1 fully saturated rings. The number of anilines is 1. The van der Waals surface area contributed by atoms with Crippen LogP contribution in [0.2, 0.25) is 0 Å². The summed E-state index contributed by atoms with van der Waals surface area (Å²) in [5.41, 5.74) is 8.11. The number of thiazole rings is 1. The van der Waals surface area contributed by atoms with Crippen molar-refractivity contribution in [1.82, 2.24) is 35.3 Å². The second kappa shape index (κ2) is 22.3. The van der Waals surface area contributed by atoms with Crippen molar-refractivity contribution < 1.29 is 38.5 Å². The van der Waals surface area contributed by atoms with Crippen molar-refractivity contribution in [2.24, 2.45) is 10.4 Å². The number of aryl methyl sites for hydroxylation is 3. The molecule has 3 aromatic carbocycles. The largest absolute Gasteiger partial charge is 0.491 e. The van der Waals surface area contributed by atoms with Gasteiger partial charge < -0.3 is 40.2 Å². The number of carbonyl (C=O) groups excluding carboxylic acids is 4. The Morgan fingerprint density at radius 3 is 2.32 bits per heavy atom. The molecule has 8 rings (SSSR count). The number of β-amino-alcohol motifs (C(OH)–C–C–N with tert-alkyl or cyclic N) is 1. The molecule has 0 radical (unpaired) electrons. The smallest absolute Gasteiger partial charge is 0.246 e. The zero-order valence-electron chi connectivity index (χ0n) is 41.8. The summed E-state index contributed by atoms with van der Waals surface area (Å²) in [6, 6.07) is 20.5. The van der Waals surface area contributed by atoms with Crippen molar-refractivity contribution >= 4 is 57.7 Å². The molecule has 4 atom stereocenters. The molecule has 3 aromatic heterocycles. The average molecular weight is 1020 g/mol. The van der Waals surface area contributed by atoms with E-state index in [4.69, 9.17) is 19.2 Å². The highest BCUT2D eigenvalue weighted by Gasteiger charge is 2.44. The predicted molar refractivity (Wildman–Crippen MR) is 277 cm³/mol. The lowest BCUT2D eigenvalue weighted by atomic mass is 9.85. The van der Waals surface area contributed by atoms with E-state index in [0.29, 0.717) is 35.2 Å². The summed E-state index contributed by atoms with van der Waals surface area (Å²) in [7, 11) is 0. The number of nitrogens with zero attached hydrogens (tertiary/aromatic N) is 6. The number of para-hydroxylation sites is 1. The Morgan fingerprint density at radius 1 is 0.903 bits per heavy atom. The second-order valence-corrected chi connectivity index (χ2v) is 21.1. The Kier molecular flexibility index (Phi) is 16.0. The van der Waals surface area contributed by atoms with E-state index in [0.717, 1.165) is 54.2 Å². The van der Waals surface area contributed by atoms with Gasteiger partial charge in [-0.2, -0.15) is 0 Å². The number of fused-ring (bicyclic) bond motifs is 3. The lowest BCUT2D eigenvalue weighted by Gasteiger charge is -2.35. The van der Waals surface area contributed by atoms with Gasteiger partial charge >= 0.3 is 0 Å². The van der Waals surface area contributed by atoms with Crippen molar-refractivity contribution in [1.29, 1.82) is 0 Å². The van der Waals surface area contributed by atoms with Crippen molar-refractivity contribution in [3.8, 4) is 26.9 Å². The minimum absolute atomic E-state index is 0.0173. The molecule has 0 saturated carbocycles. The molecule has 5 heterocycles. The van der Waals surface area contributed by atoms with E-state index < -0.39 is 41.5 Å². The number of amides is 4. The Labute approximate surface area is 427 Å². The Balaban J connectivity index is 0.884. The molecular formula is C53H61N9O8S2. The summed E-state index contributed by atoms with van der Waals surface area (Å²) in [5.74, 6) is 1.16. The fourth-order valence-electron chi connectivity index (χ4n) is 8.85. The van der Waals surface area contributed by atoms with Crippen molar-refractivity contribution in [2.45, 2.75) is 99.0 Å². The Hall–Kier alpha value is -6.80. The molecule has 2 aliphatic heterocycles. The Morgan fingerprint density at radius 2 is 1.62 bits per heavy atom. The zero-order chi connectivity index (χ0) is 51.3. The number of ether oxygens (including phenoxy) is 3. The molecule has 19 heteroatoms. The van der Waals surface area contributed by atoms with Crippen LogP contribution in [0.25, 0.3) is 15.4 Å². The number of carbonyl (C=O) groups is 4. The highest BCUT2D eigenvalue weighted by molar-refractivity contribution is 7.15. The number of rotatable bonds is 18. The third kappa shape index (κ3) is 11.8. The monoisotopic (exact) mass is 1020 g/mol. The summed E-state index contributed by atoms with van der Waals surface area (Å²) in [6.45, 7) is 16.0. The van der Waals surface area contributed by atoms with Crippen LogP contribution in [0.3, 0.4) is 0 Å². The van der Waals surface area contributed by atoms with Gasteiger partial charge in [0.05, 0.1) is 47.5 Å². The van der Waals surface area contributed by atoms with Crippen LogP contribution in [0, 0.1) is 33.1 Å². The van der Waals surface area contributed by atoms with Gasteiger partial charge in [-0.25, -0.2) is 4.98 Å². The van der Waals surface area contributed by atoms with Crippen molar-refractivity contribution in [3.05, 3.63) is 123 Å². The number of benzene rings is 3. The van der Waals surface area contributed by atoms with E-state index in [-0.39, 0.29) is 57.6 Å². The maximum atomic E-state index is 13.8. The third-order valence-corrected chi connectivity index (χ3v) is 14.8. The summed E-state index contributed by atoms with van der Waals surface area (Å²) in [6.07, 6.45) is -0.737. The molecule has 0 spiro atoms. The summed E-state index contributed by atoms with van der Waals surface area (Å²) < 4.78 is 20.4. The maximum absolute atomic E-state index is 13.8. The van der Waals surface area contributed by atoms with Gasteiger partial charge in [0.2, 0.25) is 23.6 Å². The third-order valence-electron chi connectivity index (χ3n) is 12.6. The number of likely N-dealkylation sites (tertiary alicyclic amines) is 1. The highest BCUT2D eigenvalue weighted by Crippen LogP contribution is 2.40. The molecule has 1 unspecified atom stereocenters. The summed E-state index contributed by atoms with van der Waals surface area (Å²) >= 11 is 3.18. The summed E-state index contributed by atoms with van der Waals surface area (Å²) in [5, 5.41) is 29.2. The number of aromatic nitrogens is 4.